The number of para-hydroxylation sites is 1. The molecule has 0 unspecified atom stereocenters. The summed E-state index contributed by atoms with van der Waals surface area (Å²) in [6.45, 7) is 0. The van der Waals surface area contributed by atoms with Crippen LogP contribution in [0, 0.1) is 0 Å². The normalized spacial score (nSPS) is 14.7. The second-order valence-corrected chi connectivity index (χ2v) is 8.51. The van der Waals surface area contributed by atoms with Crippen LogP contribution in [0.1, 0.15) is 33.8 Å². The first-order valence-electron chi connectivity index (χ1n) is 7.69. The van der Waals surface area contributed by atoms with E-state index in [1.807, 2.05) is 18.2 Å². The SMILES string of the molecule is O=C(O)c1sccc1S(=O)(=O)n1c2c(c3ccccc31)CCCC2. The van der Waals surface area contributed by atoms with Crippen molar-refractivity contribution in [1.82, 2.24) is 3.97 Å². The minimum atomic E-state index is -3.95. The first kappa shape index (κ1) is 15.4. The summed E-state index contributed by atoms with van der Waals surface area (Å²) in [4.78, 5) is 11.1. The van der Waals surface area contributed by atoms with E-state index in [-0.39, 0.29) is 9.77 Å². The second-order valence-electron chi connectivity index (χ2n) is 5.84. The Morgan fingerprint density at radius 3 is 2.67 bits per heavy atom. The maximum atomic E-state index is 13.3. The lowest BCUT2D eigenvalue weighted by molar-refractivity contribution is 0.0698. The highest BCUT2D eigenvalue weighted by Gasteiger charge is 2.31. The van der Waals surface area contributed by atoms with Crippen molar-refractivity contribution >= 4 is 38.2 Å². The molecule has 2 heterocycles. The Balaban J connectivity index is 2.06. The zero-order chi connectivity index (χ0) is 16.9. The van der Waals surface area contributed by atoms with Crippen molar-refractivity contribution in [3.05, 3.63) is 51.8 Å². The summed E-state index contributed by atoms with van der Waals surface area (Å²) in [5.41, 5.74) is 2.50. The molecule has 0 saturated heterocycles. The van der Waals surface area contributed by atoms with Gasteiger partial charge in [-0.3, -0.25) is 0 Å². The maximum absolute atomic E-state index is 13.3. The van der Waals surface area contributed by atoms with E-state index in [2.05, 4.69) is 0 Å². The lowest BCUT2D eigenvalue weighted by Crippen LogP contribution is -2.19. The van der Waals surface area contributed by atoms with Crippen molar-refractivity contribution in [3.8, 4) is 0 Å². The molecule has 0 fully saturated rings. The highest BCUT2D eigenvalue weighted by Crippen LogP contribution is 2.36. The van der Waals surface area contributed by atoms with Gasteiger partial charge in [0, 0.05) is 11.1 Å². The van der Waals surface area contributed by atoms with Crippen LogP contribution in [0.25, 0.3) is 10.9 Å². The standard InChI is InChI=1S/C17H15NO4S2/c19-17(20)16-15(9-10-23-16)24(21,22)18-13-7-3-1-5-11(13)12-6-2-4-8-14(12)18/h1,3,5,7,9-10H,2,4,6,8H2,(H,19,20). The predicted molar refractivity (Wildman–Crippen MR) is 92.4 cm³/mol. The van der Waals surface area contributed by atoms with E-state index >= 15 is 0 Å². The zero-order valence-corrected chi connectivity index (χ0v) is 14.4. The number of rotatable bonds is 3. The molecule has 0 saturated carbocycles. The summed E-state index contributed by atoms with van der Waals surface area (Å²) < 4.78 is 27.9. The van der Waals surface area contributed by atoms with Gasteiger partial charge in [0.2, 0.25) is 0 Å². The zero-order valence-electron chi connectivity index (χ0n) is 12.7. The molecule has 7 heteroatoms. The smallest absolute Gasteiger partial charge is 0.347 e. The third-order valence-corrected chi connectivity index (χ3v) is 7.30. The van der Waals surface area contributed by atoms with Gasteiger partial charge in [0.25, 0.3) is 10.0 Å². The van der Waals surface area contributed by atoms with Crippen LogP contribution < -0.4 is 0 Å². The van der Waals surface area contributed by atoms with Gasteiger partial charge in [0.15, 0.2) is 0 Å². The second kappa shape index (κ2) is 5.46. The Morgan fingerprint density at radius 2 is 1.88 bits per heavy atom. The fourth-order valence-electron chi connectivity index (χ4n) is 3.48. The van der Waals surface area contributed by atoms with Gasteiger partial charge >= 0.3 is 5.97 Å². The number of benzene rings is 1. The number of nitrogens with zero attached hydrogens (tertiary/aromatic N) is 1. The average Bonchev–Trinajstić information content (AvgIpc) is 3.18. The summed E-state index contributed by atoms with van der Waals surface area (Å²) in [5.74, 6) is -1.21. The molecule has 3 aromatic rings. The Hall–Kier alpha value is -2.12. The molecular weight excluding hydrogens is 346 g/mol. The van der Waals surface area contributed by atoms with Gasteiger partial charge in [0.05, 0.1) is 5.52 Å². The van der Waals surface area contributed by atoms with Crippen molar-refractivity contribution in [2.75, 3.05) is 0 Å². The maximum Gasteiger partial charge on any atom is 0.347 e. The Bertz CT molecular complexity index is 1060. The molecule has 0 radical (unpaired) electrons. The van der Waals surface area contributed by atoms with E-state index in [1.165, 1.54) is 15.4 Å². The molecule has 1 aliphatic rings. The van der Waals surface area contributed by atoms with Gasteiger partial charge in [-0.2, -0.15) is 0 Å². The number of aromatic carboxylic acids is 1. The monoisotopic (exact) mass is 361 g/mol. The van der Waals surface area contributed by atoms with Crippen molar-refractivity contribution < 1.29 is 18.3 Å². The largest absolute Gasteiger partial charge is 0.477 e. The lowest BCUT2D eigenvalue weighted by atomic mass is 9.96. The van der Waals surface area contributed by atoms with Gasteiger partial charge in [0.1, 0.15) is 9.77 Å². The number of aromatic nitrogens is 1. The topological polar surface area (TPSA) is 76.4 Å². The van der Waals surface area contributed by atoms with Crippen molar-refractivity contribution in [3.63, 3.8) is 0 Å². The molecule has 0 atom stereocenters. The number of fused-ring (bicyclic) bond motifs is 3. The average molecular weight is 361 g/mol. The van der Waals surface area contributed by atoms with E-state index < -0.39 is 16.0 Å². The van der Waals surface area contributed by atoms with Gasteiger partial charge in [-0.25, -0.2) is 17.2 Å². The first-order chi connectivity index (χ1) is 11.5. The number of aryl methyl sites for hydroxylation is 1. The highest BCUT2D eigenvalue weighted by atomic mass is 32.2. The van der Waals surface area contributed by atoms with Crippen LogP contribution >= 0.6 is 11.3 Å². The molecule has 0 bridgehead atoms. The third kappa shape index (κ3) is 2.12. The molecule has 24 heavy (non-hydrogen) atoms. The van der Waals surface area contributed by atoms with Crippen LogP contribution in [0.5, 0.6) is 0 Å². The van der Waals surface area contributed by atoms with Gasteiger partial charge in [-0.1, -0.05) is 18.2 Å². The van der Waals surface area contributed by atoms with Gasteiger partial charge in [-0.05, 0) is 48.8 Å². The van der Waals surface area contributed by atoms with Gasteiger partial charge < -0.3 is 5.11 Å². The number of carbonyl (C=O) groups is 1. The van der Waals surface area contributed by atoms with E-state index in [0.717, 1.165) is 47.2 Å². The van der Waals surface area contributed by atoms with E-state index in [4.69, 9.17) is 0 Å². The van der Waals surface area contributed by atoms with Crippen LogP contribution in [-0.2, 0) is 22.9 Å². The molecule has 0 amide bonds. The molecule has 4 rings (SSSR count). The van der Waals surface area contributed by atoms with Crippen LogP contribution in [0.4, 0.5) is 0 Å². The predicted octanol–water partition coefficient (Wildman–Crippen LogP) is 3.52. The number of hydrogen-bond acceptors (Lipinski definition) is 4. The van der Waals surface area contributed by atoms with Crippen LogP contribution in [-0.4, -0.2) is 23.5 Å². The quantitative estimate of drug-likeness (QED) is 0.774. The minimum absolute atomic E-state index is 0.130. The molecule has 2 aromatic heterocycles. The molecule has 124 valence electrons. The molecule has 1 N–H and O–H groups in total. The lowest BCUT2D eigenvalue weighted by Gasteiger charge is -2.16. The molecule has 0 spiro atoms. The summed E-state index contributed by atoms with van der Waals surface area (Å²) in [5, 5.41) is 11.8. The minimum Gasteiger partial charge on any atom is -0.477 e. The molecular formula is C17H15NO4S2. The van der Waals surface area contributed by atoms with Crippen LogP contribution in [0.15, 0.2) is 40.6 Å². The molecule has 5 nitrogen and oxygen atoms in total. The summed E-state index contributed by atoms with van der Waals surface area (Å²) in [6, 6.07) is 8.83. The Kier molecular flexibility index (Phi) is 3.51. The summed E-state index contributed by atoms with van der Waals surface area (Å²) in [7, 11) is -3.95. The number of carboxylic acids is 1. The highest BCUT2D eigenvalue weighted by molar-refractivity contribution is 7.90. The van der Waals surface area contributed by atoms with E-state index in [9.17, 15) is 18.3 Å². The third-order valence-electron chi connectivity index (χ3n) is 4.47. The van der Waals surface area contributed by atoms with Gasteiger partial charge in [-0.15, -0.1) is 11.3 Å². The number of carboxylic acid groups (broad SMARTS) is 1. The molecule has 1 aliphatic carbocycles. The van der Waals surface area contributed by atoms with Crippen molar-refractivity contribution in [1.29, 1.82) is 0 Å². The first-order valence-corrected chi connectivity index (χ1v) is 10.0. The van der Waals surface area contributed by atoms with Crippen LogP contribution in [0.3, 0.4) is 0 Å². The van der Waals surface area contributed by atoms with Crippen molar-refractivity contribution in [2.45, 2.75) is 30.6 Å². The van der Waals surface area contributed by atoms with Crippen molar-refractivity contribution in [2.24, 2.45) is 0 Å². The Morgan fingerprint density at radius 1 is 1.12 bits per heavy atom. The number of thiophene rings is 1. The summed E-state index contributed by atoms with van der Waals surface area (Å²) in [6.07, 6.45) is 3.53. The summed E-state index contributed by atoms with van der Waals surface area (Å²) >= 11 is 0.933. The Labute approximate surface area is 143 Å². The van der Waals surface area contributed by atoms with Crippen LogP contribution in [0.2, 0.25) is 0 Å². The fourth-order valence-corrected chi connectivity index (χ4v) is 6.32. The van der Waals surface area contributed by atoms with E-state index in [0.29, 0.717) is 11.9 Å². The fraction of sp³-hybridized carbons (Fsp3) is 0.235. The van der Waals surface area contributed by atoms with E-state index in [1.54, 1.807) is 6.07 Å². The number of hydrogen-bond donors (Lipinski definition) is 1. The molecule has 0 aliphatic heterocycles. The molecule has 1 aromatic carbocycles.